The first-order valence-electron chi connectivity index (χ1n) is 5.74. The summed E-state index contributed by atoms with van der Waals surface area (Å²) >= 11 is 0. The first kappa shape index (κ1) is 4.07. The number of hydrogen-bond donors (Lipinski definition) is 0. The van der Waals surface area contributed by atoms with E-state index in [4.69, 9.17) is 10.2 Å². The van der Waals surface area contributed by atoms with E-state index in [9.17, 15) is 0 Å². The van der Waals surface area contributed by atoms with E-state index in [1.807, 2.05) is 6.92 Å². The van der Waals surface area contributed by atoms with E-state index in [1.165, 1.54) is 4.90 Å². The van der Waals surface area contributed by atoms with Crippen LogP contribution in [0, 0.1) is 0 Å². The van der Waals surface area contributed by atoms with Crippen LogP contribution in [0.1, 0.15) is 25.8 Å². The highest BCUT2D eigenvalue weighted by Crippen LogP contribution is 2.03. The van der Waals surface area contributed by atoms with Crippen LogP contribution >= 0.6 is 0 Å². The minimum Gasteiger partial charge on any atom is -0.376 e. The van der Waals surface area contributed by atoms with Crippen LogP contribution in [-0.2, 0) is 4.74 Å². The van der Waals surface area contributed by atoms with E-state index in [-0.39, 0.29) is 6.10 Å². The Kier molecular flexibility index (Phi) is 1.60. The maximum absolute atomic E-state index is 7.67. The summed E-state index contributed by atoms with van der Waals surface area (Å²) in [6.07, 6.45) is 0.544. The van der Waals surface area contributed by atoms with Crippen LogP contribution in [-0.4, -0.2) is 37.1 Å². The Hall–Kier alpha value is -0.0800. The second-order valence-corrected chi connectivity index (χ2v) is 2.59. The molecule has 0 aromatic carbocycles. The Bertz CT molecular complexity index is 210. The lowest BCUT2D eigenvalue weighted by molar-refractivity contribution is -0.0180. The van der Waals surface area contributed by atoms with Crippen molar-refractivity contribution in [1.29, 1.82) is 0 Å². The Morgan fingerprint density at radius 2 is 2.60 bits per heavy atom. The molecule has 0 N–H and O–H groups in total. The minimum atomic E-state index is -2.22. The van der Waals surface area contributed by atoms with Crippen molar-refractivity contribution in [3.8, 4) is 0 Å². The molecule has 1 aliphatic rings. The maximum Gasteiger partial charge on any atom is 0.0674 e. The van der Waals surface area contributed by atoms with Gasteiger partial charge in [0.1, 0.15) is 0 Å². The molecule has 2 heteroatoms. The average Bonchev–Trinajstić information content (AvgIpc) is 2.00. The second-order valence-electron chi connectivity index (χ2n) is 2.59. The monoisotopic (exact) mass is 147 g/mol. The molecule has 1 heterocycles. The van der Waals surface area contributed by atoms with Gasteiger partial charge in [-0.3, -0.25) is 4.90 Å². The number of ether oxygens (including phenoxy) is 1. The van der Waals surface area contributed by atoms with Gasteiger partial charge in [-0.25, -0.2) is 0 Å². The molecule has 0 aliphatic carbocycles. The van der Waals surface area contributed by atoms with Gasteiger partial charge >= 0.3 is 0 Å². The largest absolute Gasteiger partial charge is 0.376 e. The Morgan fingerprint density at radius 1 is 1.80 bits per heavy atom. The second kappa shape index (κ2) is 3.94. The minimum absolute atomic E-state index is 0.264. The highest BCUT2D eigenvalue weighted by Gasteiger charge is 2.14. The fourth-order valence-corrected chi connectivity index (χ4v) is 1.00. The van der Waals surface area contributed by atoms with Crippen LogP contribution in [0.3, 0.4) is 0 Å². The first-order chi connectivity index (χ1) is 6.31. The smallest absolute Gasteiger partial charge is 0.0674 e. The third kappa shape index (κ3) is 2.27. The fourth-order valence-electron chi connectivity index (χ4n) is 1.00. The van der Waals surface area contributed by atoms with Gasteiger partial charge in [-0.05, 0) is 19.9 Å². The molecule has 1 rings (SSSR count). The Labute approximate surface area is 68.8 Å². The quantitative estimate of drug-likeness (QED) is 0.580. The summed E-state index contributed by atoms with van der Waals surface area (Å²) in [5.41, 5.74) is 0. The van der Waals surface area contributed by atoms with Crippen molar-refractivity contribution < 1.29 is 10.2 Å². The van der Waals surface area contributed by atoms with Crippen molar-refractivity contribution in [3.05, 3.63) is 0 Å². The van der Waals surface area contributed by atoms with Crippen molar-refractivity contribution in [3.63, 3.8) is 0 Å². The van der Waals surface area contributed by atoms with E-state index >= 15 is 0 Å². The van der Waals surface area contributed by atoms with Crippen LogP contribution < -0.4 is 0 Å². The predicted molar refractivity (Wildman–Crippen MR) is 42.1 cm³/mol. The number of rotatable bonds is 2. The van der Waals surface area contributed by atoms with E-state index in [0.717, 1.165) is 6.42 Å². The standard InChI is InChI=1S/C8H17NO/c1-3-4-9-5-6-10-8(2)7-9/h8H,3-7H2,1-2H3/i5D2,6D2. The first-order valence-corrected chi connectivity index (χ1v) is 3.74. The van der Waals surface area contributed by atoms with Gasteiger partial charge in [0.05, 0.1) is 15.4 Å². The molecule has 1 fully saturated rings. The van der Waals surface area contributed by atoms with E-state index in [1.54, 1.807) is 6.92 Å². The van der Waals surface area contributed by atoms with Gasteiger partial charge in [-0.15, -0.1) is 0 Å². The van der Waals surface area contributed by atoms with E-state index in [0.29, 0.717) is 13.1 Å². The molecule has 1 aliphatic heterocycles. The highest BCUT2D eigenvalue weighted by atomic mass is 16.5. The number of nitrogens with zero attached hydrogens (tertiary/aromatic N) is 1. The van der Waals surface area contributed by atoms with Crippen molar-refractivity contribution >= 4 is 0 Å². The van der Waals surface area contributed by atoms with E-state index < -0.39 is 13.1 Å². The molecule has 60 valence electrons. The number of hydrogen-bond acceptors (Lipinski definition) is 2. The van der Waals surface area contributed by atoms with Gasteiger partial charge in [0.25, 0.3) is 0 Å². The van der Waals surface area contributed by atoms with Crippen LogP contribution in [0.2, 0.25) is 0 Å². The molecule has 0 saturated carbocycles. The molecule has 1 atom stereocenters. The van der Waals surface area contributed by atoms with Gasteiger partial charge in [0.2, 0.25) is 0 Å². The molecule has 10 heavy (non-hydrogen) atoms. The van der Waals surface area contributed by atoms with Crippen molar-refractivity contribution in [1.82, 2.24) is 4.90 Å². The summed E-state index contributed by atoms with van der Waals surface area (Å²) in [5, 5.41) is 0. The molecular formula is C8H17NO. The Morgan fingerprint density at radius 3 is 3.30 bits per heavy atom. The summed E-state index contributed by atoms with van der Waals surface area (Å²) in [5.74, 6) is 0. The number of morpholine rings is 1. The topological polar surface area (TPSA) is 12.5 Å². The molecule has 0 radical (unpaired) electrons. The predicted octanol–water partition coefficient (Wildman–Crippen LogP) is 1.12. The van der Waals surface area contributed by atoms with E-state index in [2.05, 4.69) is 0 Å². The molecular weight excluding hydrogens is 126 g/mol. The lowest BCUT2D eigenvalue weighted by Crippen LogP contribution is -2.41. The van der Waals surface area contributed by atoms with Crippen molar-refractivity contribution in [2.45, 2.75) is 26.4 Å². The molecule has 0 bridgehead atoms. The van der Waals surface area contributed by atoms with Crippen LogP contribution in [0.4, 0.5) is 0 Å². The molecule has 2 nitrogen and oxygen atoms in total. The van der Waals surface area contributed by atoms with Gasteiger partial charge in [-0.2, -0.15) is 0 Å². The lowest BCUT2D eigenvalue weighted by atomic mass is 10.3. The molecule has 0 aromatic rings. The van der Waals surface area contributed by atoms with Crippen LogP contribution in [0.25, 0.3) is 0 Å². The zero-order chi connectivity index (χ0) is 11.0. The summed E-state index contributed by atoms with van der Waals surface area (Å²) in [6.45, 7) is 0.456. The molecule has 1 saturated heterocycles. The highest BCUT2D eigenvalue weighted by molar-refractivity contribution is 4.66. The summed E-state index contributed by atoms with van der Waals surface area (Å²) in [7, 11) is 0. The normalized spacial score (nSPS) is 44.8. The van der Waals surface area contributed by atoms with Gasteiger partial charge in [0.15, 0.2) is 0 Å². The third-order valence-electron chi connectivity index (χ3n) is 1.43. The van der Waals surface area contributed by atoms with Gasteiger partial charge < -0.3 is 4.74 Å². The van der Waals surface area contributed by atoms with Crippen molar-refractivity contribution in [2.75, 3.05) is 26.1 Å². The summed E-state index contributed by atoms with van der Waals surface area (Å²) in [6, 6.07) is 0. The van der Waals surface area contributed by atoms with Crippen LogP contribution in [0.15, 0.2) is 0 Å². The SMILES string of the molecule is [2H]C1([2H])OC(C)CN(CCC)C1([2H])[2H]. The maximum atomic E-state index is 7.67. The third-order valence-corrected chi connectivity index (χ3v) is 1.43. The summed E-state index contributed by atoms with van der Waals surface area (Å²) < 4.78 is 35.3. The van der Waals surface area contributed by atoms with Crippen molar-refractivity contribution in [2.24, 2.45) is 0 Å². The zero-order valence-electron chi connectivity index (χ0n) is 10.6. The zero-order valence-corrected chi connectivity index (χ0v) is 6.55. The lowest BCUT2D eigenvalue weighted by Gasteiger charge is -2.30. The average molecular weight is 147 g/mol. The van der Waals surface area contributed by atoms with Gasteiger partial charge in [0, 0.05) is 15.8 Å². The van der Waals surface area contributed by atoms with Gasteiger partial charge in [-0.1, -0.05) is 6.92 Å². The fraction of sp³-hybridized carbons (Fsp3) is 1.00. The molecule has 1 unspecified atom stereocenters. The molecule has 0 amide bonds. The Balaban J connectivity index is 2.84. The summed E-state index contributed by atoms with van der Waals surface area (Å²) in [4.78, 5) is 1.52. The van der Waals surface area contributed by atoms with Crippen LogP contribution in [0.5, 0.6) is 0 Å². The molecule has 0 spiro atoms. The molecule has 0 aromatic heterocycles.